The average Bonchev–Trinajstić information content (AvgIpc) is 2.70. The molecule has 4 heteroatoms. The van der Waals surface area contributed by atoms with Crippen molar-refractivity contribution in [3.63, 3.8) is 0 Å². The number of hydrogen-bond acceptors (Lipinski definition) is 2. The van der Waals surface area contributed by atoms with E-state index in [1.807, 2.05) is 32.0 Å². The van der Waals surface area contributed by atoms with Crippen LogP contribution in [0.2, 0.25) is 0 Å². The number of nitrogens with one attached hydrogen (secondary N) is 1. The number of aromatic amines is 1. The first-order valence-corrected chi connectivity index (χ1v) is 7.54. The highest BCUT2D eigenvalue weighted by atomic mass is 16.3. The highest BCUT2D eigenvalue weighted by Gasteiger charge is 2.42. The van der Waals surface area contributed by atoms with Gasteiger partial charge in [0.25, 0.3) is 5.91 Å². The highest BCUT2D eigenvalue weighted by molar-refractivity contribution is 5.99. The second-order valence-corrected chi connectivity index (χ2v) is 6.27. The van der Waals surface area contributed by atoms with Crippen LogP contribution in [-0.4, -0.2) is 39.6 Å². The molecular weight excluding hydrogens is 264 g/mol. The number of likely N-dealkylation sites (tertiary alicyclic amines) is 1. The monoisotopic (exact) mass is 286 g/mol. The van der Waals surface area contributed by atoms with Crippen LogP contribution >= 0.6 is 0 Å². The molecule has 3 rings (SSSR count). The molecule has 21 heavy (non-hydrogen) atoms. The van der Waals surface area contributed by atoms with Crippen LogP contribution in [0.5, 0.6) is 0 Å². The number of carbonyl (C=O) groups is 1. The fraction of sp³-hybridized carbons (Fsp3) is 0.471. The van der Waals surface area contributed by atoms with E-state index < -0.39 is 5.60 Å². The first-order valence-electron chi connectivity index (χ1n) is 7.54. The summed E-state index contributed by atoms with van der Waals surface area (Å²) in [6.45, 7) is 7.04. The van der Waals surface area contributed by atoms with Gasteiger partial charge in [0.15, 0.2) is 0 Å². The van der Waals surface area contributed by atoms with Crippen molar-refractivity contribution in [3.8, 4) is 0 Å². The predicted octanol–water partition coefficient (Wildman–Crippen LogP) is 2.77. The van der Waals surface area contributed by atoms with E-state index in [1.54, 1.807) is 4.90 Å². The number of aliphatic hydroxyl groups is 1. The Bertz CT molecular complexity index is 696. The largest absolute Gasteiger partial charge is 0.386 e. The van der Waals surface area contributed by atoms with Crippen molar-refractivity contribution in [3.05, 3.63) is 35.0 Å². The molecule has 1 aliphatic rings. The van der Waals surface area contributed by atoms with Crippen molar-refractivity contribution in [2.75, 3.05) is 13.1 Å². The first kappa shape index (κ1) is 14.1. The zero-order valence-corrected chi connectivity index (χ0v) is 12.9. The van der Waals surface area contributed by atoms with Crippen molar-refractivity contribution < 1.29 is 9.90 Å². The highest BCUT2D eigenvalue weighted by Crippen LogP contribution is 2.28. The van der Waals surface area contributed by atoms with Crippen LogP contribution in [0, 0.1) is 13.8 Å². The topological polar surface area (TPSA) is 56.3 Å². The summed E-state index contributed by atoms with van der Waals surface area (Å²) in [5.41, 5.74) is 3.41. The Morgan fingerprint density at radius 1 is 1.38 bits per heavy atom. The molecule has 1 amide bonds. The van der Waals surface area contributed by atoms with E-state index in [0.29, 0.717) is 18.7 Å². The van der Waals surface area contributed by atoms with Crippen molar-refractivity contribution >= 4 is 16.8 Å². The fourth-order valence-electron chi connectivity index (χ4n) is 3.21. The molecule has 0 aliphatic carbocycles. The molecule has 1 aromatic heterocycles. The quantitative estimate of drug-likeness (QED) is 0.911. The van der Waals surface area contributed by atoms with Crippen LogP contribution < -0.4 is 0 Å². The molecule has 1 aliphatic heterocycles. The predicted molar refractivity (Wildman–Crippen MR) is 83.5 cm³/mol. The summed E-state index contributed by atoms with van der Waals surface area (Å²) in [6, 6.07) is 5.77. The summed E-state index contributed by atoms with van der Waals surface area (Å²) in [5.74, 6) is 0.0101. The van der Waals surface area contributed by atoms with Crippen molar-refractivity contribution in [1.29, 1.82) is 0 Å². The number of aromatic nitrogens is 1. The smallest absolute Gasteiger partial charge is 0.254 e. The number of hydrogen-bond donors (Lipinski definition) is 2. The second-order valence-electron chi connectivity index (χ2n) is 6.27. The molecule has 2 heterocycles. The molecule has 1 aromatic carbocycles. The molecule has 0 atom stereocenters. The molecule has 4 nitrogen and oxygen atoms in total. The zero-order chi connectivity index (χ0) is 15.2. The number of rotatable bonds is 3. The number of aryl methyl sites for hydroxylation is 2. The molecule has 2 N–H and O–H groups in total. The number of carbonyl (C=O) groups excluding carboxylic acids is 1. The van der Waals surface area contributed by atoms with Crippen LogP contribution in [-0.2, 0) is 0 Å². The minimum Gasteiger partial charge on any atom is -0.386 e. The third-order valence-corrected chi connectivity index (χ3v) is 4.53. The van der Waals surface area contributed by atoms with E-state index in [2.05, 4.69) is 11.9 Å². The lowest BCUT2D eigenvalue weighted by molar-refractivity contribution is -0.0860. The van der Waals surface area contributed by atoms with Crippen molar-refractivity contribution in [2.45, 2.75) is 39.2 Å². The van der Waals surface area contributed by atoms with Crippen molar-refractivity contribution in [1.82, 2.24) is 9.88 Å². The Morgan fingerprint density at radius 2 is 2.10 bits per heavy atom. The maximum absolute atomic E-state index is 12.5. The zero-order valence-electron chi connectivity index (χ0n) is 12.9. The summed E-state index contributed by atoms with van der Waals surface area (Å²) < 4.78 is 0. The van der Waals surface area contributed by atoms with Gasteiger partial charge in [-0.15, -0.1) is 0 Å². The number of H-pyrrole nitrogens is 1. The van der Waals surface area contributed by atoms with E-state index in [-0.39, 0.29) is 5.91 Å². The standard InChI is InChI=1S/C17H22N2O2/c1-4-7-17(21)9-19(10-17)16(20)13-5-6-15-14(8-13)11(2)12(3)18-15/h5-6,8,18,21H,4,7,9-10H2,1-3H3. The maximum atomic E-state index is 12.5. The third-order valence-electron chi connectivity index (χ3n) is 4.53. The van der Waals surface area contributed by atoms with Gasteiger partial charge in [-0.3, -0.25) is 4.79 Å². The summed E-state index contributed by atoms with van der Waals surface area (Å²) in [7, 11) is 0. The minimum absolute atomic E-state index is 0.0101. The third kappa shape index (κ3) is 2.33. The summed E-state index contributed by atoms with van der Waals surface area (Å²) in [6.07, 6.45) is 1.69. The summed E-state index contributed by atoms with van der Waals surface area (Å²) in [5, 5.41) is 11.3. The summed E-state index contributed by atoms with van der Waals surface area (Å²) >= 11 is 0. The Morgan fingerprint density at radius 3 is 2.76 bits per heavy atom. The minimum atomic E-state index is -0.672. The molecule has 0 bridgehead atoms. The number of fused-ring (bicyclic) bond motifs is 1. The lowest BCUT2D eigenvalue weighted by Crippen LogP contribution is -2.63. The Labute approximate surface area is 124 Å². The van der Waals surface area contributed by atoms with Gasteiger partial charge in [0.1, 0.15) is 0 Å². The second kappa shape index (κ2) is 4.88. The molecule has 0 saturated carbocycles. The van der Waals surface area contributed by atoms with Gasteiger partial charge < -0.3 is 15.0 Å². The molecule has 2 aromatic rings. The van der Waals surface area contributed by atoms with Crippen molar-refractivity contribution in [2.24, 2.45) is 0 Å². The van der Waals surface area contributed by atoms with E-state index in [4.69, 9.17) is 0 Å². The molecule has 1 saturated heterocycles. The van der Waals surface area contributed by atoms with Gasteiger partial charge in [0, 0.05) is 22.2 Å². The molecular formula is C17H22N2O2. The van der Waals surface area contributed by atoms with Gasteiger partial charge in [-0.25, -0.2) is 0 Å². The van der Waals surface area contributed by atoms with E-state index in [9.17, 15) is 9.90 Å². The summed E-state index contributed by atoms with van der Waals surface area (Å²) in [4.78, 5) is 17.5. The molecule has 0 radical (unpaired) electrons. The normalized spacial score (nSPS) is 17.0. The molecule has 0 unspecified atom stereocenters. The first-order chi connectivity index (χ1) is 9.93. The average molecular weight is 286 g/mol. The lowest BCUT2D eigenvalue weighted by atomic mass is 9.88. The van der Waals surface area contributed by atoms with E-state index in [0.717, 1.165) is 29.4 Å². The van der Waals surface area contributed by atoms with E-state index >= 15 is 0 Å². The number of benzene rings is 1. The molecule has 0 spiro atoms. The van der Waals surface area contributed by atoms with Gasteiger partial charge >= 0.3 is 0 Å². The Kier molecular flexibility index (Phi) is 3.29. The van der Waals surface area contributed by atoms with Gasteiger partial charge in [0.05, 0.1) is 18.7 Å². The Balaban J connectivity index is 1.81. The van der Waals surface area contributed by atoms with Crippen LogP contribution in [0.1, 0.15) is 41.4 Å². The van der Waals surface area contributed by atoms with Crippen LogP contribution in [0.15, 0.2) is 18.2 Å². The number of amides is 1. The number of β-amino-alcohol motifs (C(OH)–C–C–N with tert-alkyl or cyclic N) is 1. The fourth-order valence-corrected chi connectivity index (χ4v) is 3.21. The Hall–Kier alpha value is -1.81. The van der Waals surface area contributed by atoms with Crippen LogP contribution in [0.4, 0.5) is 0 Å². The van der Waals surface area contributed by atoms with Gasteiger partial charge in [-0.2, -0.15) is 0 Å². The van der Waals surface area contributed by atoms with Gasteiger partial charge in [-0.1, -0.05) is 13.3 Å². The number of nitrogens with zero attached hydrogens (tertiary/aromatic N) is 1. The van der Waals surface area contributed by atoms with Gasteiger partial charge in [0.2, 0.25) is 0 Å². The van der Waals surface area contributed by atoms with Crippen LogP contribution in [0.3, 0.4) is 0 Å². The maximum Gasteiger partial charge on any atom is 0.254 e. The van der Waals surface area contributed by atoms with E-state index in [1.165, 1.54) is 5.56 Å². The van der Waals surface area contributed by atoms with Crippen LogP contribution in [0.25, 0.3) is 10.9 Å². The van der Waals surface area contributed by atoms with Gasteiger partial charge in [-0.05, 0) is 44.0 Å². The lowest BCUT2D eigenvalue weighted by Gasteiger charge is -2.46. The molecule has 1 fully saturated rings. The molecule has 112 valence electrons. The SMILES string of the molecule is CCCC1(O)CN(C(=O)c2ccc3[nH]c(C)c(C)c3c2)C1.